The molecule has 6 heteroatoms. The number of carbonyl (C=O) groups excluding carboxylic acids is 1. The van der Waals surface area contributed by atoms with Crippen LogP contribution in [-0.4, -0.2) is 15.5 Å². The third kappa shape index (κ3) is 2.86. The van der Waals surface area contributed by atoms with Gasteiger partial charge in [0.15, 0.2) is 0 Å². The maximum absolute atomic E-state index is 12.1. The molecule has 0 unspecified atom stereocenters. The van der Waals surface area contributed by atoms with Gasteiger partial charge in [-0.05, 0) is 71.2 Å². The highest BCUT2D eigenvalue weighted by atomic mass is 127. The van der Waals surface area contributed by atoms with Crippen LogP contribution in [0.15, 0.2) is 18.2 Å². The maximum atomic E-state index is 12.1. The number of anilines is 1. The molecule has 1 aromatic carbocycles. The van der Waals surface area contributed by atoms with Gasteiger partial charge >= 0.3 is 0 Å². The van der Waals surface area contributed by atoms with Crippen LogP contribution in [0.25, 0.3) is 0 Å². The number of amides is 1. The number of aryl methyl sites for hydroxylation is 2. The van der Waals surface area contributed by atoms with Crippen molar-refractivity contribution in [3.05, 3.63) is 37.9 Å². The summed E-state index contributed by atoms with van der Waals surface area (Å²) < 4.78 is 4.97. The van der Waals surface area contributed by atoms with Crippen LogP contribution in [-0.2, 0) is 6.42 Å². The average molecular weight is 373 g/mol. The van der Waals surface area contributed by atoms with Crippen molar-refractivity contribution >= 4 is 45.7 Å². The van der Waals surface area contributed by atoms with E-state index in [1.54, 1.807) is 0 Å². The second-order valence-electron chi connectivity index (χ2n) is 3.82. The van der Waals surface area contributed by atoms with Crippen LogP contribution in [0.5, 0.6) is 0 Å². The van der Waals surface area contributed by atoms with Crippen LogP contribution in [0.4, 0.5) is 5.69 Å². The molecule has 4 nitrogen and oxygen atoms in total. The average Bonchev–Trinajstić information content (AvgIpc) is 2.81. The van der Waals surface area contributed by atoms with Gasteiger partial charge in [0.05, 0.1) is 5.69 Å². The van der Waals surface area contributed by atoms with E-state index < -0.39 is 0 Å². The first-order valence-corrected chi connectivity index (χ1v) is 7.35. The Kier molecular flexibility index (Phi) is 4.28. The lowest BCUT2D eigenvalue weighted by atomic mass is 10.2. The Hall–Kier alpha value is -1.02. The number of nitrogens with one attached hydrogen (secondary N) is 1. The number of carbonyl (C=O) groups is 1. The minimum atomic E-state index is -0.133. The summed E-state index contributed by atoms with van der Waals surface area (Å²) in [5.74, 6) is -0.133. The van der Waals surface area contributed by atoms with Crippen molar-refractivity contribution < 1.29 is 4.79 Å². The summed E-state index contributed by atoms with van der Waals surface area (Å²) in [5, 5.41) is 6.84. The molecule has 0 aliphatic heterocycles. The van der Waals surface area contributed by atoms with E-state index in [-0.39, 0.29) is 5.91 Å². The number of hydrogen-bond donors (Lipinski definition) is 1. The van der Waals surface area contributed by atoms with Crippen molar-refractivity contribution in [3.8, 4) is 0 Å². The van der Waals surface area contributed by atoms with E-state index in [1.807, 2.05) is 32.0 Å². The first kappa shape index (κ1) is 13.4. The largest absolute Gasteiger partial charge is 0.321 e. The first-order chi connectivity index (χ1) is 8.61. The van der Waals surface area contributed by atoms with Crippen LogP contribution in [0, 0.1) is 10.5 Å². The molecule has 94 valence electrons. The van der Waals surface area contributed by atoms with E-state index in [1.165, 1.54) is 0 Å². The van der Waals surface area contributed by atoms with Gasteiger partial charge in [-0.3, -0.25) is 4.79 Å². The summed E-state index contributed by atoms with van der Waals surface area (Å²) in [7, 11) is 0. The van der Waals surface area contributed by atoms with E-state index >= 15 is 0 Å². The van der Waals surface area contributed by atoms with Gasteiger partial charge in [0, 0.05) is 9.26 Å². The van der Waals surface area contributed by atoms with E-state index in [4.69, 9.17) is 0 Å². The molecule has 1 amide bonds. The summed E-state index contributed by atoms with van der Waals surface area (Å²) in [6.45, 7) is 3.94. The van der Waals surface area contributed by atoms with Gasteiger partial charge in [0.2, 0.25) is 0 Å². The van der Waals surface area contributed by atoms with Crippen molar-refractivity contribution in [2.45, 2.75) is 20.3 Å². The highest BCUT2D eigenvalue weighted by Crippen LogP contribution is 2.20. The van der Waals surface area contributed by atoms with Crippen molar-refractivity contribution in [1.29, 1.82) is 0 Å². The van der Waals surface area contributed by atoms with E-state index in [0.717, 1.165) is 32.0 Å². The molecule has 0 saturated heterocycles. The fourth-order valence-electron chi connectivity index (χ4n) is 1.56. The SMILES string of the molecule is CCc1nnsc1C(=O)Nc1ccc(I)cc1C. The minimum Gasteiger partial charge on any atom is -0.321 e. The molecule has 0 saturated carbocycles. The first-order valence-electron chi connectivity index (χ1n) is 5.50. The van der Waals surface area contributed by atoms with Crippen molar-refractivity contribution in [2.75, 3.05) is 5.32 Å². The molecule has 1 N–H and O–H groups in total. The van der Waals surface area contributed by atoms with E-state index in [2.05, 4.69) is 37.5 Å². The maximum Gasteiger partial charge on any atom is 0.269 e. The van der Waals surface area contributed by atoms with Crippen LogP contribution in [0.1, 0.15) is 27.9 Å². The second-order valence-corrected chi connectivity index (χ2v) is 5.82. The number of aromatic nitrogens is 2. The lowest BCUT2D eigenvalue weighted by Crippen LogP contribution is -2.13. The van der Waals surface area contributed by atoms with E-state index in [0.29, 0.717) is 11.3 Å². The van der Waals surface area contributed by atoms with Gasteiger partial charge in [-0.25, -0.2) is 0 Å². The molecular weight excluding hydrogens is 361 g/mol. The Bertz CT molecular complexity index is 582. The number of benzene rings is 1. The third-order valence-corrected chi connectivity index (χ3v) is 3.97. The van der Waals surface area contributed by atoms with E-state index in [9.17, 15) is 4.79 Å². The number of rotatable bonds is 3. The molecule has 0 fully saturated rings. The molecule has 2 rings (SSSR count). The lowest BCUT2D eigenvalue weighted by Gasteiger charge is -2.07. The molecular formula is C12H12IN3OS. The van der Waals surface area contributed by atoms with Gasteiger partial charge in [0.25, 0.3) is 5.91 Å². The smallest absolute Gasteiger partial charge is 0.269 e. The molecule has 0 radical (unpaired) electrons. The third-order valence-electron chi connectivity index (χ3n) is 2.53. The molecule has 0 atom stereocenters. The second kappa shape index (κ2) is 5.75. The van der Waals surface area contributed by atoms with Gasteiger partial charge < -0.3 is 5.32 Å². The fraction of sp³-hybridized carbons (Fsp3) is 0.250. The molecule has 2 aromatic rings. The van der Waals surface area contributed by atoms with Crippen LogP contribution in [0.2, 0.25) is 0 Å². The van der Waals surface area contributed by atoms with Gasteiger partial charge in [-0.1, -0.05) is 11.4 Å². The highest BCUT2D eigenvalue weighted by Gasteiger charge is 2.15. The summed E-state index contributed by atoms with van der Waals surface area (Å²) >= 11 is 3.38. The molecule has 0 spiro atoms. The van der Waals surface area contributed by atoms with Crippen LogP contribution in [0.3, 0.4) is 0 Å². The summed E-state index contributed by atoms with van der Waals surface area (Å²) in [6.07, 6.45) is 0.713. The highest BCUT2D eigenvalue weighted by molar-refractivity contribution is 14.1. The molecule has 1 heterocycles. The molecule has 18 heavy (non-hydrogen) atoms. The Labute approximate surface area is 123 Å². The predicted octanol–water partition coefficient (Wildman–Crippen LogP) is 3.27. The Morgan fingerprint density at radius 2 is 2.28 bits per heavy atom. The quantitative estimate of drug-likeness (QED) is 0.841. The Morgan fingerprint density at radius 1 is 1.50 bits per heavy atom. The molecule has 0 bridgehead atoms. The van der Waals surface area contributed by atoms with Crippen molar-refractivity contribution in [2.24, 2.45) is 0 Å². The Morgan fingerprint density at radius 3 is 2.94 bits per heavy atom. The standard InChI is InChI=1S/C12H12IN3OS/c1-3-9-11(18-16-15-9)12(17)14-10-5-4-8(13)6-7(10)2/h4-6H,3H2,1-2H3,(H,14,17). The number of nitrogens with zero attached hydrogens (tertiary/aromatic N) is 2. The number of halogens is 1. The van der Waals surface area contributed by atoms with Gasteiger partial charge in [0.1, 0.15) is 4.88 Å². The van der Waals surface area contributed by atoms with Gasteiger partial charge in [-0.15, -0.1) is 5.10 Å². The number of hydrogen-bond acceptors (Lipinski definition) is 4. The summed E-state index contributed by atoms with van der Waals surface area (Å²) in [5.41, 5.74) is 2.63. The topological polar surface area (TPSA) is 54.9 Å². The fourth-order valence-corrected chi connectivity index (χ4v) is 2.85. The summed E-state index contributed by atoms with van der Waals surface area (Å²) in [6, 6.07) is 5.91. The van der Waals surface area contributed by atoms with Crippen molar-refractivity contribution in [1.82, 2.24) is 9.59 Å². The zero-order chi connectivity index (χ0) is 13.1. The normalized spacial score (nSPS) is 10.4. The zero-order valence-electron chi connectivity index (χ0n) is 10.0. The Balaban J connectivity index is 2.21. The molecule has 0 aliphatic carbocycles. The molecule has 1 aromatic heterocycles. The minimum absolute atomic E-state index is 0.133. The van der Waals surface area contributed by atoms with Gasteiger partial charge in [-0.2, -0.15) is 0 Å². The monoisotopic (exact) mass is 373 g/mol. The lowest BCUT2D eigenvalue weighted by molar-refractivity contribution is 0.102. The summed E-state index contributed by atoms with van der Waals surface area (Å²) in [4.78, 5) is 12.7. The molecule has 0 aliphatic rings. The predicted molar refractivity (Wildman–Crippen MR) is 81.1 cm³/mol. The van der Waals surface area contributed by atoms with Crippen LogP contribution >= 0.6 is 34.1 Å². The zero-order valence-corrected chi connectivity index (χ0v) is 13.0. The van der Waals surface area contributed by atoms with Crippen LogP contribution < -0.4 is 5.32 Å². The van der Waals surface area contributed by atoms with Crippen molar-refractivity contribution in [3.63, 3.8) is 0 Å².